The molecule has 0 spiro atoms. The van der Waals surface area contributed by atoms with Crippen molar-refractivity contribution in [2.45, 2.75) is 45.2 Å². The summed E-state index contributed by atoms with van der Waals surface area (Å²) < 4.78 is 0. The Labute approximate surface area is 123 Å². The quantitative estimate of drug-likeness (QED) is 0.894. The Bertz CT molecular complexity index is 478. The lowest BCUT2D eigenvalue weighted by molar-refractivity contribution is 0.0683. The van der Waals surface area contributed by atoms with Crippen molar-refractivity contribution in [1.29, 1.82) is 0 Å². The van der Waals surface area contributed by atoms with Gasteiger partial charge in [0.15, 0.2) is 0 Å². The highest BCUT2D eigenvalue weighted by Gasteiger charge is 2.40. The van der Waals surface area contributed by atoms with Gasteiger partial charge in [0.1, 0.15) is 0 Å². The van der Waals surface area contributed by atoms with Crippen LogP contribution in [0.15, 0.2) is 6.07 Å². The average molecular weight is 276 g/mol. The van der Waals surface area contributed by atoms with Gasteiger partial charge in [-0.2, -0.15) is 0 Å². The molecule has 2 N–H and O–H groups in total. The second-order valence-electron chi connectivity index (χ2n) is 6.38. The topological polar surface area (TPSA) is 45.4 Å². The highest BCUT2D eigenvalue weighted by molar-refractivity contribution is 5.56. The lowest BCUT2D eigenvalue weighted by Gasteiger charge is -2.49. The highest BCUT2D eigenvalue weighted by atomic mass is 15.2. The first kappa shape index (κ1) is 15.3. The van der Waals surface area contributed by atoms with Gasteiger partial charge in [0.05, 0.1) is 0 Å². The third kappa shape index (κ3) is 2.67. The molecule has 1 aliphatic carbocycles. The smallest absolute Gasteiger partial charge is 0.0446 e. The SMILES string of the molecule is Cc1cc(N(C)CC2(N(C)C)CCC2)c(CN)c(C)n1. The Hall–Kier alpha value is -1.13. The maximum Gasteiger partial charge on any atom is 0.0446 e. The average Bonchev–Trinajstić information content (AvgIpc) is 2.32. The zero-order valence-electron chi connectivity index (χ0n) is 13.5. The predicted octanol–water partition coefficient (Wildman–Crippen LogP) is 2.08. The molecule has 1 aliphatic rings. The van der Waals surface area contributed by atoms with Gasteiger partial charge in [-0.15, -0.1) is 0 Å². The highest BCUT2D eigenvalue weighted by Crippen LogP contribution is 2.38. The molecule has 1 saturated carbocycles. The zero-order chi connectivity index (χ0) is 14.9. The Balaban J connectivity index is 2.27. The van der Waals surface area contributed by atoms with Crippen LogP contribution in [0.5, 0.6) is 0 Å². The van der Waals surface area contributed by atoms with E-state index >= 15 is 0 Å². The molecule has 0 aromatic carbocycles. The van der Waals surface area contributed by atoms with Crippen LogP contribution >= 0.6 is 0 Å². The van der Waals surface area contributed by atoms with E-state index in [2.05, 4.69) is 55.8 Å². The van der Waals surface area contributed by atoms with E-state index in [-0.39, 0.29) is 0 Å². The molecule has 1 fully saturated rings. The van der Waals surface area contributed by atoms with Crippen LogP contribution in [-0.4, -0.2) is 43.1 Å². The largest absolute Gasteiger partial charge is 0.372 e. The van der Waals surface area contributed by atoms with Crippen LogP contribution in [0.1, 0.15) is 36.2 Å². The van der Waals surface area contributed by atoms with Crippen molar-refractivity contribution in [3.8, 4) is 0 Å². The van der Waals surface area contributed by atoms with E-state index in [0.717, 1.165) is 17.9 Å². The molecule has 0 atom stereocenters. The summed E-state index contributed by atoms with van der Waals surface area (Å²) in [7, 11) is 6.57. The summed E-state index contributed by atoms with van der Waals surface area (Å²) in [6, 6.07) is 2.16. The first-order chi connectivity index (χ1) is 9.39. The van der Waals surface area contributed by atoms with Crippen LogP contribution in [0.25, 0.3) is 0 Å². The van der Waals surface area contributed by atoms with Crippen molar-refractivity contribution in [3.63, 3.8) is 0 Å². The maximum atomic E-state index is 5.93. The van der Waals surface area contributed by atoms with Gasteiger partial charge in [-0.25, -0.2) is 0 Å². The third-order valence-electron chi connectivity index (χ3n) is 4.82. The van der Waals surface area contributed by atoms with E-state index in [1.807, 2.05) is 0 Å². The van der Waals surface area contributed by atoms with Crippen LogP contribution in [0.3, 0.4) is 0 Å². The van der Waals surface area contributed by atoms with Crippen molar-refractivity contribution >= 4 is 5.69 Å². The van der Waals surface area contributed by atoms with E-state index in [1.54, 1.807) is 0 Å². The second-order valence-corrected chi connectivity index (χ2v) is 6.38. The summed E-state index contributed by atoms with van der Waals surface area (Å²) in [4.78, 5) is 9.29. The molecular formula is C16H28N4. The van der Waals surface area contributed by atoms with Crippen molar-refractivity contribution in [2.75, 3.05) is 32.6 Å². The molecule has 112 valence electrons. The van der Waals surface area contributed by atoms with E-state index in [4.69, 9.17) is 5.73 Å². The third-order valence-corrected chi connectivity index (χ3v) is 4.82. The van der Waals surface area contributed by atoms with Gasteiger partial charge in [0.25, 0.3) is 0 Å². The zero-order valence-corrected chi connectivity index (χ0v) is 13.5. The summed E-state index contributed by atoms with van der Waals surface area (Å²) in [6.07, 6.45) is 3.90. The lowest BCUT2D eigenvalue weighted by Crippen LogP contribution is -2.56. The van der Waals surface area contributed by atoms with Gasteiger partial charge in [0.2, 0.25) is 0 Å². The summed E-state index contributed by atoms with van der Waals surface area (Å²) in [5, 5.41) is 0. The molecular weight excluding hydrogens is 248 g/mol. The molecule has 4 heteroatoms. The molecule has 1 heterocycles. The number of nitrogens with two attached hydrogens (primary N) is 1. The first-order valence-corrected chi connectivity index (χ1v) is 7.45. The van der Waals surface area contributed by atoms with Gasteiger partial charge in [-0.1, -0.05) is 0 Å². The van der Waals surface area contributed by atoms with Crippen LogP contribution in [0.4, 0.5) is 5.69 Å². The number of hydrogen-bond donors (Lipinski definition) is 1. The van der Waals surface area contributed by atoms with E-state index in [9.17, 15) is 0 Å². The molecule has 4 nitrogen and oxygen atoms in total. The Morgan fingerprint density at radius 2 is 1.90 bits per heavy atom. The lowest BCUT2D eigenvalue weighted by atomic mass is 9.75. The molecule has 0 unspecified atom stereocenters. The minimum absolute atomic E-state index is 0.325. The minimum Gasteiger partial charge on any atom is -0.372 e. The summed E-state index contributed by atoms with van der Waals surface area (Å²) in [6.45, 7) is 5.71. The molecule has 0 aliphatic heterocycles. The van der Waals surface area contributed by atoms with Crippen molar-refractivity contribution < 1.29 is 0 Å². The summed E-state index contributed by atoms with van der Waals surface area (Å²) in [5.74, 6) is 0. The number of anilines is 1. The first-order valence-electron chi connectivity index (χ1n) is 7.45. The Morgan fingerprint density at radius 3 is 2.35 bits per heavy atom. The van der Waals surface area contributed by atoms with E-state index in [1.165, 1.54) is 30.5 Å². The normalized spacial score (nSPS) is 17.1. The molecule has 1 aromatic rings. The fraction of sp³-hybridized carbons (Fsp3) is 0.688. The van der Waals surface area contributed by atoms with Crippen molar-refractivity contribution in [1.82, 2.24) is 9.88 Å². The molecule has 0 bridgehead atoms. The van der Waals surface area contributed by atoms with Crippen LogP contribution < -0.4 is 10.6 Å². The summed E-state index contributed by atoms with van der Waals surface area (Å²) in [5.41, 5.74) is 10.8. The van der Waals surface area contributed by atoms with Gasteiger partial charge < -0.3 is 15.5 Å². The standard InChI is InChI=1S/C16H28N4/c1-12-9-15(14(10-17)13(2)18-12)20(5)11-16(19(3)4)7-6-8-16/h9H,6-8,10-11,17H2,1-5H3. The number of aromatic nitrogens is 1. The predicted molar refractivity (Wildman–Crippen MR) is 85.1 cm³/mol. The van der Waals surface area contributed by atoms with Gasteiger partial charge >= 0.3 is 0 Å². The number of likely N-dealkylation sites (N-methyl/N-ethyl adjacent to an activating group) is 2. The molecule has 2 rings (SSSR count). The fourth-order valence-electron chi connectivity index (χ4n) is 3.29. The number of pyridine rings is 1. The number of rotatable bonds is 5. The number of hydrogen-bond acceptors (Lipinski definition) is 4. The van der Waals surface area contributed by atoms with Crippen LogP contribution in [0.2, 0.25) is 0 Å². The molecule has 0 saturated heterocycles. The Kier molecular flexibility index (Phi) is 4.35. The number of aryl methyl sites for hydroxylation is 2. The summed E-state index contributed by atoms with van der Waals surface area (Å²) >= 11 is 0. The van der Waals surface area contributed by atoms with Gasteiger partial charge in [0, 0.05) is 48.3 Å². The fourth-order valence-corrected chi connectivity index (χ4v) is 3.29. The molecule has 0 radical (unpaired) electrons. The molecule has 0 amide bonds. The number of nitrogens with zero attached hydrogens (tertiary/aromatic N) is 3. The van der Waals surface area contributed by atoms with E-state index in [0.29, 0.717) is 12.1 Å². The monoisotopic (exact) mass is 276 g/mol. The van der Waals surface area contributed by atoms with Crippen LogP contribution in [0, 0.1) is 13.8 Å². The molecule has 20 heavy (non-hydrogen) atoms. The minimum atomic E-state index is 0.325. The second kappa shape index (κ2) is 5.70. The van der Waals surface area contributed by atoms with Gasteiger partial charge in [-0.05, 0) is 53.3 Å². The maximum absolute atomic E-state index is 5.93. The van der Waals surface area contributed by atoms with Crippen LogP contribution in [-0.2, 0) is 6.54 Å². The van der Waals surface area contributed by atoms with E-state index < -0.39 is 0 Å². The van der Waals surface area contributed by atoms with Crippen molar-refractivity contribution in [3.05, 3.63) is 23.0 Å². The Morgan fingerprint density at radius 1 is 1.25 bits per heavy atom. The van der Waals surface area contributed by atoms with Gasteiger partial charge in [-0.3, -0.25) is 4.98 Å². The van der Waals surface area contributed by atoms with Crippen molar-refractivity contribution in [2.24, 2.45) is 5.73 Å². The molecule has 1 aromatic heterocycles.